The summed E-state index contributed by atoms with van der Waals surface area (Å²) in [5.41, 5.74) is 0.377. The van der Waals surface area contributed by atoms with Crippen LogP contribution >= 0.6 is 0 Å². The van der Waals surface area contributed by atoms with Crippen LogP contribution in [0.5, 0.6) is 0 Å². The van der Waals surface area contributed by atoms with Gasteiger partial charge in [-0.1, -0.05) is 6.08 Å². The zero-order chi connectivity index (χ0) is 12.0. The van der Waals surface area contributed by atoms with E-state index in [1.54, 1.807) is 12.0 Å². The second-order valence-corrected chi connectivity index (χ2v) is 3.38. The number of methoxy groups -OCH3 is 1. The molecule has 0 N–H and O–H groups in total. The van der Waals surface area contributed by atoms with Crippen molar-refractivity contribution in [2.24, 2.45) is 0 Å². The molecule has 0 saturated carbocycles. The van der Waals surface area contributed by atoms with Crippen LogP contribution < -0.4 is 0 Å². The molecule has 0 aliphatic carbocycles. The molecule has 88 valence electrons. The van der Waals surface area contributed by atoms with E-state index in [9.17, 15) is 9.59 Å². The van der Waals surface area contributed by atoms with Crippen molar-refractivity contribution in [1.29, 1.82) is 0 Å². The minimum Gasteiger partial charge on any atom is -0.468 e. The number of ether oxygens (including phenoxy) is 1. The van der Waals surface area contributed by atoms with Crippen LogP contribution in [-0.2, 0) is 19.2 Å². The van der Waals surface area contributed by atoms with Crippen molar-refractivity contribution in [2.45, 2.75) is 18.9 Å². The Balaban J connectivity index is 2.82. The van der Waals surface area contributed by atoms with Gasteiger partial charge >= 0.3 is 5.97 Å². The van der Waals surface area contributed by atoms with E-state index < -0.39 is 12.0 Å². The van der Waals surface area contributed by atoms with Crippen molar-refractivity contribution < 1.29 is 19.2 Å². The first-order valence-corrected chi connectivity index (χ1v) is 5.06. The number of nitrogens with zero attached hydrogens (tertiary/aromatic N) is 1. The molecule has 0 aromatic rings. The third-order valence-corrected chi connectivity index (χ3v) is 2.36. The summed E-state index contributed by atoms with van der Waals surface area (Å²) < 4.78 is 4.65. The molecule has 0 aromatic heterocycles. The molecule has 16 heavy (non-hydrogen) atoms. The van der Waals surface area contributed by atoms with E-state index in [0.717, 1.165) is 6.42 Å². The maximum absolute atomic E-state index is 11.5. The Hall–Kier alpha value is -1.42. The van der Waals surface area contributed by atoms with E-state index in [1.807, 2.05) is 0 Å². The van der Waals surface area contributed by atoms with Gasteiger partial charge in [-0.25, -0.2) is 9.59 Å². The fraction of sp³-hybridized carbons (Fsp3) is 0.545. The summed E-state index contributed by atoms with van der Waals surface area (Å²) in [7, 11) is 1.28. The first kappa shape index (κ1) is 12.6. The fourth-order valence-electron chi connectivity index (χ4n) is 1.63. The van der Waals surface area contributed by atoms with E-state index in [-0.39, 0.29) is 0 Å². The number of carbonyl (C=O) groups excluding carboxylic acids is 2. The van der Waals surface area contributed by atoms with Crippen LogP contribution in [0.1, 0.15) is 12.8 Å². The summed E-state index contributed by atoms with van der Waals surface area (Å²) in [6, 6.07) is -0.767. The predicted molar refractivity (Wildman–Crippen MR) is 57.1 cm³/mol. The summed E-state index contributed by atoms with van der Waals surface area (Å²) in [5.74, 6) is 1.30. The highest BCUT2D eigenvalue weighted by atomic mass is 16.7. The molecular formula is C11H15NO4. The first-order chi connectivity index (χ1) is 7.74. The summed E-state index contributed by atoms with van der Waals surface area (Å²) in [4.78, 5) is 27.6. The quantitative estimate of drug-likeness (QED) is 0.396. The van der Waals surface area contributed by atoms with Gasteiger partial charge in [-0.15, -0.1) is 6.58 Å². The molecule has 0 spiro atoms. The third-order valence-electron chi connectivity index (χ3n) is 2.36. The van der Waals surface area contributed by atoms with Gasteiger partial charge in [0.05, 0.1) is 13.7 Å². The topological polar surface area (TPSA) is 55.8 Å². The molecule has 0 radical (unpaired) electrons. The molecule has 1 rings (SSSR count). The van der Waals surface area contributed by atoms with Gasteiger partial charge in [0.1, 0.15) is 5.94 Å². The number of hydroxylamine groups is 2. The van der Waals surface area contributed by atoms with E-state index in [2.05, 4.69) is 11.3 Å². The Bertz CT molecular complexity index is 320. The largest absolute Gasteiger partial charge is 0.468 e. The highest BCUT2D eigenvalue weighted by Crippen LogP contribution is 2.22. The van der Waals surface area contributed by atoms with Gasteiger partial charge in [0.2, 0.25) is 0 Å². The smallest absolute Gasteiger partial charge is 0.330 e. The molecule has 0 amide bonds. The Morgan fingerprint density at radius 2 is 2.50 bits per heavy atom. The van der Waals surface area contributed by atoms with Crippen LogP contribution in [0.2, 0.25) is 0 Å². The lowest BCUT2D eigenvalue weighted by Crippen LogP contribution is -2.46. The van der Waals surface area contributed by atoms with Crippen molar-refractivity contribution in [1.82, 2.24) is 5.06 Å². The SMILES string of the molecule is C=CCON1CCCC(=C=O)C1C(=O)OC. The lowest BCUT2D eigenvalue weighted by atomic mass is 9.99. The lowest BCUT2D eigenvalue weighted by molar-refractivity contribution is -0.193. The van der Waals surface area contributed by atoms with E-state index >= 15 is 0 Å². The van der Waals surface area contributed by atoms with Crippen molar-refractivity contribution in [3.05, 3.63) is 18.2 Å². The van der Waals surface area contributed by atoms with Gasteiger partial charge in [0.15, 0.2) is 6.04 Å². The molecule has 1 saturated heterocycles. The first-order valence-electron chi connectivity index (χ1n) is 5.06. The Labute approximate surface area is 94.3 Å². The standard InChI is InChI=1S/C11H15NO4/c1-3-7-16-12-6-4-5-9(8-13)10(12)11(14)15-2/h3,10H,1,4-7H2,2H3. The van der Waals surface area contributed by atoms with Gasteiger partial charge in [0, 0.05) is 12.1 Å². The van der Waals surface area contributed by atoms with Crippen molar-refractivity contribution in [3.63, 3.8) is 0 Å². The Kier molecular flexibility index (Phi) is 4.92. The molecule has 1 aliphatic heterocycles. The molecule has 1 atom stereocenters. The maximum atomic E-state index is 11.5. The molecule has 0 bridgehead atoms. The summed E-state index contributed by atoms with van der Waals surface area (Å²) in [6.07, 6.45) is 2.89. The van der Waals surface area contributed by atoms with Crippen LogP contribution in [0.4, 0.5) is 0 Å². The molecule has 1 unspecified atom stereocenters. The van der Waals surface area contributed by atoms with Crippen molar-refractivity contribution in [2.75, 3.05) is 20.3 Å². The van der Waals surface area contributed by atoms with Crippen LogP contribution in [0.25, 0.3) is 0 Å². The predicted octanol–water partition coefficient (Wildman–Crippen LogP) is 0.499. The van der Waals surface area contributed by atoms with E-state index in [4.69, 9.17) is 4.84 Å². The highest BCUT2D eigenvalue weighted by molar-refractivity contribution is 5.82. The average Bonchev–Trinajstić information content (AvgIpc) is 2.34. The number of hydrogen-bond acceptors (Lipinski definition) is 5. The molecule has 0 aromatic carbocycles. The van der Waals surface area contributed by atoms with Gasteiger partial charge in [-0.3, -0.25) is 4.84 Å². The summed E-state index contributed by atoms with van der Waals surface area (Å²) >= 11 is 0. The number of esters is 1. The zero-order valence-corrected chi connectivity index (χ0v) is 9.27. The Morgan fingerprint density at radius 3 is 3.06 bits per heavy atom. The average molecular weight is 225 g/mol. The van der Waals surface area contributed by atoms with Crippen LogP contribution in [0.15, 0.2) is 18.2 Å². The summed E-state index contributed by atoms with van der Waals surface area (Å²) in [5, 5.41) is 1.46. The molecule has 1 heterocycles. The highest BCUT2D eigenvalue weighted by Gasteiger charge is 2.35. The van der Waals surface area contributed by atoms with Gasteiger partial charge in [0.25, 0.3) is 0 Å². The van der Waals surface area contributed by atoms with Crippen molar-refractivity contribution >= 4 is 11.9 Å². The Morgan fingerprint density at radius 1 is 1.75 bits per heavy atom. The monoisotopic (exact) mass is 225 g/mol. The second kappa shape index (κ2) is 6.23. The van der Waals surface area contributed by atoms with Gasteiger partial charge in [-0.05, 0) is 12.8 Å². The molecule has 1 aliphatic rings. The van der Waals surface area contributed by atoms with Crippen LogP contribution in [0.3, 0.4) is 0 Å². The lowest BCUT2D eigenvalue weighted by Gasteiger charge is -2.32. The normalized spacial score (nSPS) is 21.3. The third kappa shape index (κ3) is 2.79. The number of piperidine rings is 1. The number of rotatable bonds is 4. The minimum absolute atomic E-state index is 0.291. The van der Waals surface area contributed by atoms with Crippen LogP contribution in [-0.4, -0.2) is 43.3 Å². The minimum atomic E-state index is -0.767. The van der Waals surface area contributed by atoms with E-state index in [1.165, 1.54) is 12.2 Å². The number of carbonyl (C=O) groups is 1. The molecular weight excluding hydrogens is 210 g/mol. The molecule has 1 fully saturated rings. The van der Waals surface area contributed by atoms with Crippen LogP contribution in [0, 0.1) is 0 Å². The van der Waals surface area contributed by atoms with E-state index in [0.29, 0.717) is 25.1 Å². The molecule has 5 nitrogen and oxygen atoms in total. The van der Waals surface area contributed by atoms with Gasteiger partial charge in [-0.2, -0.15) is 5.06 Å². The fourth-order valence-corrected chi connectivity index (χ4v) is 1.63. The zero-order valence-electron chi connectivity index (χ0n) is 9.27. The number of hydrogen-bond donors (Lipinski definition) is 0. The van der Waals surface area contributed by atoms with Gasteiger partial charge < -0.3 is 4.74 Å². The summed E-state index contributed by atoms with van der Waals surface area (Å²) in [6.45, 7) is 4.40. The molecule has 5 heteroatoms. The maximum Gasteiger partial charge on any atom is 0.330 e. The van der Waals surface area contributed by atoms with Crippen molar-refractivity contribution in [3.8, 4) is 0 Å². The second-order valence-electron chi connectivity index (χ2n) is 3.38.